The SMILES string of the molecule is CCOc1ccc2ccccc2c1C(=O)N1CCCN(Cc2cc(C)on2)CC1. The van der Waals surface area contributed by atoms with E-state index < -0.39 is 0 Å². The first kappa shape index (κ1) is 19.5. The van der Waals surface area contributed by atoms with Gasteiger partial charge in [-0.2, -0.15) is 0 Å². The smallest absolute Gasteiger partial charge is 0.258 e. The first-order valence-corrected chi connectivity index (χ1v) is 10.2. The summed E-state index contributed by atoms with van der Waals surface area (Å²) in [5, 5.41) is 6.09. The molecule has 0 unspecified atom stereocenters. The minimum absolute atomic E-state index is 0.0457. The quantitative estimate of drug-likeness (QED) is 0.658. The predicted octanol–water partition coefficient (Wildman–Crippen LogP) is 3.88. The normalized spacial score (nSPS) is 15.4. The van der Waals surface area contributed by atoms with Gasteiger partial charge in [0.05, 0.1) is 17.9 Å². The lowest BCUT2D eigenvalue weighted by Gasteiger charge is -2.23. The molecule has 0 saturated carbocycles. The van der Waals surface area contributed by atoms with Crippen LogP contribution in [0.5, 0.6) is 5.75 Å². The van der Waals surface area contributed by atoms with E-state index in [2.05, 4.69) is 10.1 Å². The molecule has 3 aromatic rings. The lowest BCUT2D eigenvalue weighted by Crippen LogP contribution is -2.35. The van der Waals surface area contributed by atoms with Gasteiger partial charge in [0.25, 0.3) is 5.91 Å². The molecule has 2 heterocycles. The molecule has 6 nitrogen and oxygen atoms in total. The first-order chi connectivity index (χ1) is 14.2. The highest BCUT2D eigenvalue weighted by Gasteiger charge is 2.25. The van der Waals surface area contributed by atoms with Crippen molar-refractivity contribution in [1.29, 1.82) is 0 Å². The number of carbonyl (C=O) groups excluding carboxylic acids is 1. The van der Waals surface area contributed by atoms with Crippen molar-refractivity contribution in [2.24, 2.45) is 0 Å². The van der Waals surface area contributed by atoms with Crippen LogP contribution in [-0.4, -0.2) is 53.6 Å². The van der Waals surface area contributed by atoms with E-state index in [-0.39, 0.29) is 5.91 Å². The highest BCUT2D eigenvalue weighted by molar-refractivity contribution is 6.09. The molecule has 1 aliphatic heterocycles. The molecule has 0 aliphatic carbocycles. The van der Waals surface area contributed by atoms with Gasteiger partial charge in [0.1, 0.15) is 11.5 Å². The van der Waals surface area contributed by atoms with E-state index in [1.165, 1.54) is 0 Å². The molecule has 0 bridgehead atoms. The number of ether oxygens (including phenoxy) is 1. The van der Waals surface area contributed by atoms with Crippen LogP contribution in [0.3, 0.4) is 0 Å². The lowest BCUT2D eigenvalue weighted by atomic mass is 10.0. The van der Waals surface area contributed by atoms with E-state index >= 15 is 0 Å². The van der Waals surface area contributed by atoms with E-state index in [0.29, 0.717) is 24.5 Å². The van der Waals surface area contributed by atoms with Crippen LogP contribution in [0.25, 0.3) is 10.8 Å². The second kappa shape index (κ2) is 8.66. The Morgan fingerprint density at radius 1 is 1.14 bits per heavy atom. The fourth-order valence-electron chi connectivity index (χ4n) is 3.96. The molecule has 6 heteroatoms. The van der Waals surface area contributed by atoms with Crippen molar-refractivity contribution in [1.82, 2.24) is 15.0 Å². The summed E-state index contributed by atoms with van der Waals surface area (Å²) in [5.74, 6) is 1.53. The number of hydrogen-bond donors (Lipinski definition) is 0. The zero-order chi connectivity index (χ0) is 20.2. The lowest BCUT2D eigenvalue weighted by molar-refractivity contribution is 0.0759. The summed E-state index contributed by atoms with van der Waals surface area (Å²) < 4.78 is 11.0. The number of aryl methyl sites for hydroxylation is 1. The monoisotopic (exact) mass is 393 g/mol. The zero-order valence-corrected chi connectivity index (χ0v) is 17.1. The van der Waals surface area contributed by atoms with Crippen molar-refractivity contribution in [2.75, 3.05) is 32.8 Å². The average molecular weight is 393 g/mol. The Morgan fingerprint density at radius 2 is 2.00 bits per heavy atom. The average Bonchev–Trinajstić information content (AvgIpc) is 2.99. The largest absolute Gasteiger partial charge is 0.493 e. The number of carbonyl (C=O) groups is 1. The third-order valence-corrected chi connectivity index (χ3v) is 5.34. The Labute approximate surface area is 171 Å². The topological polar surface area (TPSA) is 58.8 Å². The van der Waals surface area contributed by atoms with Gasteiger partial charge in [-0.1, -0.05) is 35.5 Å². The molecule has 4 rings (SSSR count). The van der Waals surface area contributed by atoms with Crippen LogP contribution in [0.15, 0.2) is 47.0 Å². The second-order valence-electron chi connectivity index (χ2n) is 7.44. The van der Waals surface area contributed by atoms with Crippen LogP contribution in [0.4, 0.5) is 0 Å². The standard InChI is InChI=1S/C23H27N3O3/c1-3-28-21-10-9-18-7-4-5-8-20(18)22(21)23(27)26-12-6-11-25(13-14-26)16-19-15-17(2)29-24-19/h4-5,7-10,15H,3,6,11-14,16H2,1-2H3. The molecule has 0 radical (unpaired) electrons. The van der Waals surface area contributed by atoms with Gasteiger partial charge in [0.15, 0.2) is 0 Å². The van der Waals surface area contributed by atoms with Crippen molar-refractivity contribution in [3.63, 3.8) is 0 Å². The van der Waals surface area contributed by atoms with Crippen molar-refractivity contribution < 1.29 is 14.1 Å². The fraction of sp³-hybridized carbons (Fsp3) is 0.391. The summed E-state index contributed by atoms with van der Waals surface area (Å²) in [7, 11) is 0. The first-order valence-electron chi connectivity index (χ1n) is 10.2. The van der Waals surface area contributed by atoms with Gasteiger partial charge in [0.2, 0.25) is 0 Å². The molecule has 0 N–H and O–H groups in total. The minimum Gasteiger partial charge on any atom is -0.493 e. The number of nitrogens with zero attached hydrogens (tertiary/aromatic N) is 3. The fourth-order valence-corrected chi connectivity index (χ4v) is 3.96. The molecule has 152 valence electrons. The molecule has 0 atom stereocenters. The van der Waals surface area contributed by atoms with Crippen LogP contribution in [0.1, 0.15) is 35.2 Å². The molecular formula is C23H27N3O3. The second-order valence-corrected chi connectivity index (χ2v) is 7.44. The van der Waals surface area contributed by atoms with Gasteiger partial charge in [-0.15, -0.1) is 0 Å². The summed E-state index contributed by atoms with van der Waals surface area (Å²) in [6.07, 6.45) is 0.928. The molecule has 1 fully saturated rings. The van der Waals surface area contributed by atoms with E-state index in [1.54, 1.807) is 0 Å². The van der Waals surface area contributed by atoms with Crippen molar-refractivity contribution in [2.45, 2.75) is 26.8 Å². The van der Waals surface area contributed by atoms with Crippen LogP contribution in [-0.2, 0) is 6.54 Å². The van der Waals surface area contributed by atoms with Gasteiger partial charge in [-0.25, -0.2) is 0 Å². The van der Waals surface area contributed by atoms with Crippen LogP contribution >= 0.6 is 0 Å². The number of aromatic nitrogens is 1. The molecule has 2 aromatic carbocycles. The van der Waals surface area contributed by atoms with Gasteiger partial charge in [0, 0.05) is 38.8 Å². The summed E-state index contributed by atoms with van der Waals surface area (Å²) in [6.45, 7) is 8.29. The van der Waals surface area contributed by atoms with Gasteiger partial charge >= 0.3 is 0 Å². The zero-order valence-electron chi connectivity index (χ0n) is 17.1. The Hall–Kier alpha value is -2.86. The van der Waals surface area contributed by atoms with Gasteiger partial charge in [-0.3, -0.25) is 9.69 Å². The Balaban J connectivity index is 1.54. The van der Waals surface area contributed by atoms with Crippen LogP contribution < -0.4 is 4.74 Å². The highest BCUT2D eigenvalue weighted by atomic mass is 16.5. The van der Waals surface area contributed by atoms with E-state index in [9.17, 15) is 4.79 Å². The maximum absolute atomic E-state index is 13.5. The molecule has 1 aromatic heterocycles. The Morgan fingerprint density at radius 3 is 2.79 bits per heavy atom. The maximum Gasteiger partial charge on any atom is 0.258 e. The summed E-state index contributed by atoms with van der Waals surface area (Å²) in [5.41, 5.74) is 1.61. The third-order valence-electron chi connectivity index (χ3n) is 5.34. The number of rotatable bonds is 5. The minimum atomic E-state index is 0.0457. The summed E-state index contributed by atoms with van der Waals surface area (Å²) in [6, 6.07) is 13.9. The number of fused-ring (bicyclic) bond motifs is 1. The van der Waals surface area contributed by atoms with Gasteiger partial charge in [-0.05, 0) is 37.1 Å². The van der Waals surface area contributed by atoms with Crippen molar-refractivity contribution in [3.8, 4) is 5.75 Å². The van der Waals surface area contributed by atoms with E-state index in [0.717, 1.165) is 54.8 Å². The molecule has 1 amide bonds. The molecule has 0 spiro atoms. The summed E-state index contributed by atoms with van der Waals surface area (Å²) >= 11 is 0. The van der Waals surface area contributed by atoms with E-state index in [1.807, 2.05) is 61.2 Å². The molecule has 1 saturated heterocycles. The van der Waals surface area contributed by atoms with Crippen LogP contribution in [0, 0.1) is 6.92 Å². The third kappa shape index (κ3) is 4.27. The van der Waals surface area contributed by atoms with Gasteiger partial charge < -0.3 is 14.2 Å². The number of benzene rings is 2. The van der Waals surface area contributed by atoms with E-state index in [4.69, 9.17) is 9.26 Å². The van der Waals surface area contributed by atoms with Crippen molar-refractivity contribution >= 4 is 16.7 Å². The molecule has 1 aliphatic rings. The molecule has 29 heavy (non-hydrogen) atoms. The maximum atomic E-state index is 13.5. The number of hydrogen-bond acceptors (Lipinski definition) is 5. The predicted molar refractivity (Wildman–Crippen MR) is 112 cm³/mol. The Kier molecular flexibility index (Phi) is 5.81. The molecular weight excluding hydrogens is 366 g/mol. The number of amides is 1. The van der Waals surface area contributed by atoms with Crippen molar-refractivity contribution in [3.05, 3.63) is 59.5 Å². The van der Waals surface area contributed by atoms with Crippen LogP contribution in [0.2, 0.25) is 0 Å². The highest BCUT2D eigenvalue weighted by Crippen LogP contribution is 2.30. The summed E-state index contributed by atoms with van der Waals surface area (Å²) in [4.78, 5) is 17.8. The Bertz CT molecular complexity index is 998.